The molecular weight excluding hydrogens is 334 g/mol. The topological polar surface area (TPSA) is 115 Å². The molecule has 1 unspecified atom stereocenters. The molecule has 8 nitrogen and oxygen atoms in total. The van der Waals surface area contributed by atoms with Crippen molar-refractivity contribution >= 4 is 34.6 Å². The monoisotopic (exact) mass is 351 g/mol. The van der Waals surface area contributed by atoms with Gasteiger partial charge < -0.3 is 10.1 Å². The van der Waals surface area contributed by atoms with Crippen molar-refractivity contribution in [2.75, 3.05) is 6.54 Å². The number of thioether (sulfide) groups is 1. The minimum atomic E-state index is -0.991. The van der Waals surface area contributed by atoms with E-state index in [0.29, 0.717) is 24.7 Å². The van der Waals surface area contributed by atoms with Gasteiger partial charge in [0.2, 0.25) is 0 Å². The number of esters is 2. The summed E-state index contributed by atoms with van der Waals surface area (Å²) in [6.07, 6.45) is 3.66. The molecule has 1 saturated heterocycles. The Balaban J connectivity index is 1.99. The van der Waals surface area contributed by atoms with Crippen LogP contribution in [0.15, 0.2) is 18.6 Å². The lowest BCUT2D eigenvalue weighted by Gasteiger charge is -2.13. The van der Waals surface area contributed by atoms with Crippen molar-refractivity contribution < 1.29 is 23.9 Å². The summed E-state index contributed by atoms with van der Waals surface area (Å²) in [6.45, 7) is 1.99. The van der Waals surface area contributed by atoms with E-state index in [2.05, 4.69) is 15.3 Å². The van der Waals surface area contributed by atoms with Crippen molar-refractivity contribution in [1.29, 1.82) is 0 Å². The van der Waals surface area contributed by atoms with E-state index in [-0.39, 0.29) is 17.2 Å². The molecule has 0 radical (unpaired) electrons. The Morgan fingerprint density at radius 3 is 2.79 bits per heavy atom. The highest BCUT2D eigenvalue weighted by Crippen LogP contribution is 2.20. The van der Waals surface area contributed by atoms with Crippen LogP contribution in [-0.2, 0) is 19.1 Å². The maximum Gasteiger partial charge on any atom is 0.330 e. The second-order valence-corrected chi connectivity index (χ2v) is 6.58. The minimum Gasteiger partial charge on any atom is -0.392 e. The number of nitrogens with zero attached hydrogens (tertiary/aromatic N) is 2. The van der Waals surface area contributed by atoms with E-state index in [1.54, 1.807) is 0 Å². The summed E-state index contributed by atoms with van der Waals surface area (Å²) in [4.78, 5) is 55.0. The van der Waals surface area contributed by atoms with Crippen molar-refractivity contribution in [3.05, 3.63) is 24.3 Å². The standard InChI is InChI=1S/C15H17N3O5S/c1-9(19)24-12(14(21)10-4-6-16-8-18-10)7-13(20)23-15(22)11-3-2-5-17-11/h4,6,8,11-12,17H,2-3,5,7H2,1H3/t11-,12?/m0/s1. The number of Topliss-reactive ketones (excluding diaryl/α,β-unsaturated/α-hetero) is 1. The molecule has 2 rings (SSSR count). The summed E-state index contributed by atoms with van der Waals surface area (Å²) in [5, 5.41) is 1.61. The van der Waals surface area contributed by atoms with E-state index in [1.807, 2.05) is 0 Å². The molecule has 1 aromatic heterocycles. The van der Waals surface area contributed by atoms with E-state index in [0.717, 1.165) is 6.42 Å². The van der Waals surface area contributed by atoms with Crippen molar-refractivity contribution in [2.24, 2.45) is 0 Å². The minimum absolute atomic E-state index is 0.0975. The van der Waals surface area contributed by atoms with E-state index in [4.69, 9.17) is 4.74 Å². The fourth-order valence-electron chi connectivity index (χ4n) is 2.25. The van der Waals surface area contributed by atoms with Gasteiger partial charge in [0, 0.05) is 13.1 Å². The summed E-state index contributed by atoms with van der Waals surface area (Å²) in [5.41, 5.74) is 0.0975. The molecule has 0 amide bonds. The fraction of sp³-hybridized carbons (Fsp3) is 0.467. The zero-order valence-corrected chi connectivity index (χ0v) is 13.9. The SMILES string of the molecule is CC(=O)SC(CC(=O)OC(=O)[C@@H]1CCCN1)C(=O)c1ccncn1. The Labute approximate surface area is 142 Å². The average Bonchev–Trinajstić information content (AvgIpc) is 3.08. The molecular formula is C15H17N3O5S. The summed E-state index contributed by atoms with van der Waals surface area (Å²) in [5.74, 6) is -1.98. The lowest BCUT2D eigenvalue weighted by Crippen LogP contribution is -2.35. The van der Waals surface area contributed by atoms with Gasteiger partial charge in [-0.3, -0.25) is 14.4 Å². The van der Waals surface area contributed by atoms with Crippen molar-refractivity contribution in [3.63, 3.8) is 0 Å². The molecule has 0 aliphatic carbocycles. The Hall–Kier alpha value is -2.13. The number of hydrogen-bond acceptors (Lipinski definition) is 9. The van der Waals surface area contributed by atoms with Gasteiger partial charge in [-0.15, -0.1) is 0 Å². The summed E-state index contributed by atoms with van der Waals surface area (Å²) >= 11 is 0.714. The van der Waals surface area contributed by atoms with E-state index in [1.165, 1.54) is 25.5 Å². The van der Waals surface area contributed by atoms with Gasteiger partial charge >= 0.3 is 11.9 Å². The number of aromatic nitrogens is 2. The highest BCUT2D eigenvalue weighted by molar-refractivity contribution is 8.14. The van der Waals surface area contributed by atoms with Crippen LogP contribution in [0.1, 0.15) is 36.7 Å². The number of ketones is 1. The van der Waals surface area contributed by atoms with Crippen LogP contribution in [0.5, 0.6) is 0 Å². The van der Waals surface area contributed by atoms with Crippen molar-refractivity contribution in [2.45, 2.75) is 37.5 Å². The number of carbonyl (C=O) groups is 4. The molecule has 2 heterocycles. The number of carbonyl (C=O) groups excluding carboxylic acids is 4. The highest BCUT2D eigenvalue weighted by atomic mass is 32.2. The molecule has 1 aromatic rings. The zero-order valence-electron chi connectivity index (χ0n) is 13.1. The van der Waals surface area contributed by atoms with E-state index < -0.39 is 29.0 Å². The average molecular weight is 351 g/mol. The van der Waals surface area contributed by atoms with Crippen LogP contribution in [0.4, 0.5) is 0 Å². The molecule has 9 heteroatoms. The number of rotatable bonds is 6. The predicted molar refractivity (Wildman–Crippen MR) is 85.2 cm³/mol. The molecule has 24 heavy (non-hydrogen) atoms. The Bertz CT molecular complexity index is 631. The van der Waals surface area contributed by atoms with Crippen LogP contribution in [-0.4, -0.2) is 50.6 Å². The molecule has 2 atom stereocenters. The van der Waals surface area contributed by atoms with E-state index >= 15 is 0 Å². The lowest BCUT2D eigenvalue weighted by atomic mass is 10.1. The number of nitrogens with one attached hydrogen (secondary N) is 1. The molecule has 0 aromatic carbocycles. The van der Waals surface area contributed by atoms with Crippen molar-refractivity contribution in [3.8, 4) is 0 Å². The first kappa shape index (κ1) is 18.2. The molecule has 1 aliphatic heterocycles. The first-order valence-electron chi connectivity index (χ1n) is 7.42. The number of hydrogen-bond donors (Lipinski definition) is 1. The van der Waals surface area contributed by atoms with Gasteiger partial charge in [-0.2, -0.15) is 0 Å². The van der Waals surface area contributed by atoms with Gasteiger partial charge in [0.1, 0.15) is 18.1 Å². The summed E-state index contributed by atoms with van der Waals surface area (Å²) in [6, 6.07) is 0.903. The maximum absolute atomic E-state index is 12.4. The first-order chi connectivity index (χ1) is 11.5. The smallest absolute Gasteiger partial charge is 0.330 e. The molecule has 1 fully saturated rings. The van der Waals surface area contributed by atoms with Gasteiger partial charge in [-0.1, -0.05) is 11.8 Å². The summed E-state index contributed by atoms with van der Waals surface area (Å²) < 4.78 is 4.78. The second-order valence-electron chi connectivity index (χ2n) is 5.20. The predicted octanol–water partition coefficient (Wildman–Crippen LogP) is 0.519. The molecule has 0 bridgehead atoms. The largest absolute Gasteiger partial charge is 0.392 e. The fourth-order valence-corrected chi connectivity index (χ4v) is 3.10. The van der Waals surface area contributed by atoms with Gasteiger partial charge in [-0.05, 0) is 25.5 Å². The Kier molecular flexibility index (Phi) is 6.56. The second kappa shape index (κ2) is 8.65. The normalized spacial score (nSPS) is 18.0. The molecule has 128 valence electrons. The van der Waals surface area contributed by atoms with Crippen LogP contribution in [0.2, 0.25) is 0 Å². The number of ether oxygens (including phenoxy) is 1. The maximum atomic E-state index is 12.4. The molecule has 0 spiro atoms. The van der Waals surface area contributed by atoms with Gasteiger partial charge in [0.15, 0.2) is 10.9 Å². The van der Waals surface area contributed by atoms with Gasteiger partial charge in [-0.25, -0.2) is 14.8 Å². The first-order valence-corrected chi connectivity index (χ1v) is 8.30. The summed E-state index contributed by atoms with van der Waals surface area (Å²) in [7, 11) is 0. The van der Waals surface area contributed by atoms with Crippen molar-refractivity contribution in [1.82, 2.24) is 15.3 Å². The Morgan fingerprint density at radius 2 is 2.21 bits per heavy atom. The molecule has 0 saturated carbocycles. The van der Waals surface area contributed by atoms with Crippen LogP contribution in [0.25, 0.3) is 0 Å². The third kappa shape index (κ3) is 5.20. The third-order valence-electron chi connectivity index (χ3n) is 3.35. The molecule has 1 aliphatic rings. The molecule has 1 N–H and O–H groups in total. The van der Waals surface area contributed by atoms with Crippen LogP contribution in [0.3, 0.4) is 0 Å². The quantitative estimate of drug-likeness (QED) is 0.445. The third-order valence-corrected chi connectivity index (χ3v) is 4.34. The van der Waals surface area contributed by atoms with E-state index in [9.17, 15) is 19.2 Å². The Morgan fingerprint density at radius 1 is 1.42 bits per heavy atom. The lowest BCUT2D eigenvalue weighted by molar-refractivity contribution is -0.160. The highest BCUT2D eigenvalue weighted by Gasteiger charge is 2.30. The van der Waals surface area contributed by atoms with Crippen LogP contribution < -0.4 is 5.32 Å². The van der Waals surface area contributed by atoms with Crippen LogP contribution in [0, 0.1) is 0 Å². The van der Waals surface area contributed by atoms with Gasteiger partial charge in [0.05, 0.1) is 11.7 Å². The van der Waals surface area contributed by atoms with Gasteiger partial charge in [0.25, 0.3) is 0 Å². The van der Waals surface area contributed by atoms with Crippen LogP contribution >= 0.6 is 11.8 Å². The zero-order chi connectivity index (χ0) is 17.5.